The molecule has 1 unspecified atom stereocenters. The number of nitrogens with zero attached hydrogens (tertiary/aromatic N) is 1. The summed E-state index contributed by atoms with van der Waals surface area (Å²) < 4.78 is 5.28. The van der Waals surface area contributed by atoms with Gasteiger partial charge in [-0.05, 0) is 44.3 Å². The number of hydrogen-bond acceptors (Lipinski definition) is 4. The van der Waals surface area contributed by atoms with Gasteiger partial charge in [0.1, 0.15) is 5.75 Å². The zero-order valence-electron chi connectivity index (χ0n) is 12.8. The maximum absolute atomic E-state index is 12.0. The third-order valence-corrected chi connectivity index (χ3v) is 2.97. The highest BCUT2D eigenvalue weighted by molar-refractivity contribution is 5.92. The van der Waals surface area contributed by atoms with E-state index in [0.29, 0.717) is 24.4 Å². The predicted octanol–water partition coefficient (Wildman–Crippen LogP) is 1.68. The van der Waals surface area contributed by atoms with Crippen molar-refractivity contribution in [3.63, 3.8) is 0 Å². The molecule has 112 valence electrons. The van der Waals surface area contributed by atoms with Gasteiger partial charge in [0.05, 0.1) is 12.8 Å². The number of nitrogens with one attached hydrogen (secondary N) is 1. The molecule has 1 aromatic carbocycles. The van der Waals surface area contributed by atoms with Gasteiger partial charge in [0.15, 0.2) is 0 Å². The third kappa shape index (κ3) is 5.19. The highest BCUT2D eigenvalue weighted by Crippen LogP contribution is 2.26. The van der Waals surface area contributed by atoms with Gasteiger partial charge in [-0.1, -0.05) is 13.0 Å². The van der Waals surface area contributed by atoms with Gasteiger partial charge in [0.25, 0.3) is 0 Å². The monoisotopic (exact) mass is 279 g/mol. The Labute approximate surface area is 121 Å². The van der Waals surface area contributed by atoms with Crippen LogP contribution in [0.5, 0.6) is 5.75 Å². The maximum Gasteiger partial charge on any atom is 0.224 e. The summed E-state index contributed by atoms with van der Waals surface area (Å²) >= 11 is 0. The largest absolute Gasteiger partial charge is 0.495 e. The fourth-order valence-electron chi connectivity index (χ4n) is 1.92. The normalized spacial score (nSPS) is 12.3. The number of methoxy groups -OCH3 is 1. The van der Waals surface area contributed by atoms with Crippen molar-refractivity contribution in [1.82, 2.24) is 4.90 Å². The van der Waals surface area contributed by atoms with Gasteiger partial charge in [0, 0.05) is 13.0 Å². The average Bonchev–Trinajstić information content (AvgIpc) is 2.38. The van der Waals surface area contributed by atoms with Crippen molar-refractivity contribution in [1.29, 1.82) is 0 Å². The van der Waals surface area contributed by atoms with Crippen molar-refractivity contribution in [3.8, 4) is 5.75 Å². The molecule has 1 amide bonds. The molecule has 5 heteroatoms. The summed E-state index contributed by atoms with van der Waals surface area (Å²) in [4.78, 5) is 14.0. The van der Waals surface area contributed by atoms with E-state index in [0.717, 1.165) is 12.1 Å². The summed E-state index contributed by atoms with van der Waals surface area (Å²) in [5.74, 6) is 0.801. The Bertz CT molecular complexity index is 447. The van der Waals surface area contributed by atoms with E-state index in [1.807, 2.05) is 39.2 Å². The van der Waals surface area contributed by atoms with E-state index in [9.17, 15) is 4.79 Å². The van der Waals surface area contributed by atoms with E-state index in [2.05, 4.69) is 10.2 Å². The van der Waals surface area contributed by atoms with Gasteiger partial charge < -0.3 is 20.7 Å². The van der Waals surface area contributed by atoms with E-state index in [1.165, 1.54) is 0 Å². The van der Waals surface area contributed by atoms with Crippen LogP contribution in [0.2, 0.25) is 0 Å². The first-order valence-corrected chi connectivity index (χ1v) is 6.77. The van der Waals surface area contributed by atoms with Gasteiger partial charge in [-0.2, -0.15) is 0 Å². The molecule has 0 saturated carbocycles. The molecule has 0 saturated heterocycles. The fraction of sp³-hybridized carbons (Fsp3) is 0.533. The Morgan fingerprint density at radius 3 is 2.70 bits per heavy atom. The number of anilines is 1. The molecule has 0 aliphatic carbocycles. The second-order valence-electron chi connectivity index (χ2n) is 5.37. The number of ether oxygens (including phenoxy) is 1. The van der Waals surface area contributed by atoms with Crippen LogP contribution in [0.25, 0.3) is 0 Å². The molecule has 5 nitrogen and oxygen atoms in total. The first-order valence-electron chi connectivity index (χ1n) is 6.77. The zero-order valence-corrected chi connectivity index (χ0v) is 12.8. The minimum absolute atomic E-state index is 0.0387. The molecule has 1 rings (SSSR count). The number of carbonyl (C=O) groups excluding carboxylic acids is 1. The number of carbonyl (C=O) groups is 1. The molecule has 0 aliphatic rings. The summed E-state index contributed by atoms with van der Waals surface area (Å²) in [7, 11) is 5.61. The van der Waals surface area contributed by atoms with E-state index >= 15 is 0 Å². The zero-order chi connectivity index (χ0) is 15.1. The lowest BCUT2D eigenvalue weighted by Gasteiger charge is -2.15. The van der Waals surface area contributed by atoms with E-state index in [-0.39, 0.29) is 11.8 Å². The lowest BCUT2D eigenvalue weighted by Crippen LogP contribution is -2.20. The predicted molar refractivity (Wildman–Crippen MR) is 81.9 cm³/mol. The van der Waals surface area contributed by atoms with Crippen molar-refractivity contribution >= 4 is 11.6 Å². The average molecular weight is 279 g/mol. The standard InChI is InChI=1S/C15H25N3O2/c1-11(9-16)7-15(19)17-13-8-12(10-18(2)3)5-6-14(13)20-4/h5-6,8,11H,7,9-10,16H2,1-4H3,(H,17,19). The second kappa shape index (κ2) is 7.87. The molecular weight excluding hydrogens is 254 g/mol. The Morgan fingerprint density at radius 1 is 1.45 bits per heavy atom. The molecule has 20 heavy (non-hydrogen) atoms. The Hall–Kier alpha value is -1.59. The SMILES string of the molecule is COc1ccc(CN(C)C)cc1NC(=O)CC(C)CN. The molecule has 0 fully saturated rings. The molecule has 0 spiro atoms. The first kappa shape index (κ1) is 16.5. The van der Waals surface area contributed by atoms with Crippen molar-refractivity contribution in [2.45, 2.75) is 19.9 Å². The number of rotatable bonds is 7. The van der Waals surface area contributed by atoms with E-state index in [1.54, 1.807) is 7.11 Å². The van der Waals surface area contributed by atoms with E-state index < -0.39 is 0 Å². The van der Waals surface area contributed by atoms with Crippen LogP contribution >= 0.6 is 0 Å². The third-order valence-electron chi connectivity index (χ3n) is 2.97. The van der Waals surface area contributed by atoms with Gasteiger partial charge in [-0.3, -0.25) is 4.79 Å². The Morgan fingerprint density at radius 2 is 2.15 bits per heavy atom. The van der Waals surface area contributed by atoms with Crippen molar-refractivity contribution in [3.05, 3.63) is 23.8 Å². The van der Waals surface area contributed by atoms with Gasteiger partial charge in [-0.15, -0.1) is 0 Å². The summed E-state index contributed by atoms with van der Waals surface area (Å²) in [6.45, 7) is 3.27. The van der Waals surface area contributed by atoms with Crippen LogP contribution in [0.15, 0.2) is 18.2 Å². The molecule has 0 radical (unpaired) electrons. The number of nitrogens with two attached hydrogens (primary N) is 1. The Balaban J connectivity index is 2.82. The topological polar surface area (TPSA) is 67.6 Å². The maximum atomic E-state index is 12.0. The van der Waals surface area contributed by atoms with E-state index in [4.69, 9.17) is 10.5 Å². The number of benzene rings is 1. The fourth-order valence-corrected chi connectivity index (χ4v) is 1.92. The van der Waals surface area contributed by atoms with Crippen LogP contribution in [-0.2, 0) is 11.3 Å². The van der Waals surface area contributed by atoms with Crippen LogP contribution in [0.1, 0.15) is 18.9 Å². The molecule has 0 aromatic heterocycles. The summed E-state index contributed by atoms with van der Waals surface area (Å²) in [5.41, 5.74) is 7.37. The molecule has 1 atom stereocenters. The van der Waals surface area contributed by atoms with Crippen LogP contribution in [0.3, 0.4) is 0 Å². The highest BCUT2D eigenvalue weighted by Gasteiger charge is 2.11. The lowest BCUT2D eigenvalue weighted by atomic mass is 10.1. The smallest absolute Gasteiger partial charge is 0.224 e. The van der Waals surface area contributed by atoms with Crippen molar-refractivity contribution in [2.24, 2.45) is 11.7 Å². The van der Waals surface area contributed by atoms with Crippen molar-refractivity contribution < 1.29 is 9.53 Å². The van der Waals surface area contributed by atoms with Crippen molar-refractivity contribution in [2.75, 3.05) is 33.1 Å². The second-order valence-corrected chi connectivity index (χ2v) is 5.37. The van der Waals surface area contributed by atoms with Crippen LogP contribution < -0.4 is 15.8 Å². The van der Waals surface area contributed by atoms with Gasteiger partial charge >= 0.3 is 0 Å². The van der Waals surface area contributed by atoms with Crippen LogP contribution in [-0.4, -0.2) is 38.6 Å². The lowest BCUT2D eigenvalue weighted by molar-refractivity contribution is -0.116. The summed E-state index contributed by atoms with van der Waals surface area (Å²) in [6.07, 6.45) is 0.414. The van der Waals surface area contributed by atoms with Gasteiger partial charge in [0.2, 0.25) is 5.91 Å². The number of hydrogen-bond donors (Lipinski definition) is 2. The molecule has 0 bridgehead atoms. The Kier molecular flexibility index (Phi) is 6.48. The first-order chi connectivity index (χ1) is 9.46. The van der Waals surface area contributed by atoms with Gasteiger partial charge in [-0.25, -0.2) is 0 Å². The highest BCUT2D eigenvalue weighted by atomic mass is 16.5. The minimum Gasteiger partial charge on any atom is -0.495 e. The quantitative estimate of drug-likeness (QED) is 0.797. The minimum atomic E-state index is -0.0387. The molecule has 0 aliphatic heterocycles. The van der Waals surface area contributed by atoms with Crippen LogP contribution in [0.4, 0.5) is 5.69 Å². The summed E-state index contributed by atoms with van der Waals surface area (Å²) in [5, 5.41) is 2.90. The molecule has 0 heterocycles. The molecule has 3 N–H and O–H groups in total. The molecule has 1 aromatic rings. The molecular formula is C15H25N3O2. The summed E-state index contributed by atoms with van der Waals surface area (Å²) in [6, 6.07) is 5.82. The number of amides is 1. The van der Waals surface area contributed by atoms with Crippen LogP contribution in [0, 0.1) is 5.92 Å².